The van der Waals surface area contributed by atoms with Crippen LogP contribution in [-0.2, 0) is 6.54 Å². The number of carbonyl (C=O) groups excluding carboxylic acids is 1. The van der Waals surface area contributed by atoms with E-state index in [9.17, 15) is 18.7 Å². The quantitative estimate of drug-likeness (QED) is 0.438. The Labute approximate surface area is 199 Å². The molecule has 0 fully saturated rings. The van der Waals surface area contributed by atoms with Gasteiger partial charge in [0.1, 0.15) is 18.0 Å². The second kappa shape index (κ2) is 8.95. The second-order valence-corrected chi connectivity index (χ2v) is 8.36. The molecule has 8 nitrogen and oxygen atoms in total. The summed E-state index contributed by atoms with van der Waals surface area (Å²) in [6.45, 7) is 3.32. The smallest absolute Gasteiger partial charge is 0.255 e. The molecule has 35 heavy (non-hydrogen) atoms. The molecule has 1 N–H and O–H groups in total. The van der Waals surface area contributed by atoms with Crippen molar-refractivity contribution in [1.29, 1.82) is 0 Å². The van der Waals surface area contributed by atoms with E-state index in [1.165, 1.54) is 24.0 Å². The Hall–Kier alpha value is -4.05. The Morgan fingerprint density at radius 3 is 2.63 bits per heavy atom. The molecule has 1 amide bonds. The van der Waals surface area contributed by atoms with Gasteiger partial charge in [0.25, 0.3) is 11.8 Å². The average Bonchev–Trinajstić information content (AvgIpc) is 3.46. The number of pyridine rings is 2. The Balaban J connectivity index is 1.52. The predicted octanol–water partition coefficient (Wildman–Crippen LogP) is 4.44. The molecule has 0 radical (unpaired) electrons. The minimum Gasteiger partial charge on any atom is -0.418 e. The van der Waals surface area contributed by atoms with E-state index in [0.29, 0.717) is 22.5 Å². The fourth-order valence-electron chi connectivity index (χ4n) is 4.14. The van der Waals surface area contributed by atoms with Gasteiger partial charge in [-0.15, -0.1) is 10.2 Å². The van der Waals surface area contributed by atoms with Crippen molar-refractivity contribution >= 4 is 5.91 Å². The summed E-state index contributed by atoms with van der Waals surface area (Å²) in [5.74, 6) is -0.912. The van der Waals surface area contributed by atoms with E-state index in [2.05, 4.69) is 20.2 Å². The highest BCUT2D eigenvalue weighted by molar-refractivity contribution is 5.99. The van der Waals surface area contributed by atoms with Crippen LogP contribution in [0.3, 0.4) is 0 Å². The summed E-state index contributed by atoms with van der Waals surface area (Å²) >= 11 is 0. The van der Waals surface area contributed by atoms with Gasteiger partial charge in [-0.25, -0.2) is 8.78 Å². The number of alkyl halides is 1. The first-order chi connectivity index (χ1) is 16.8. The lowest BCUT2D eigenvalue weighted by atomic mass is 10.0. The molecule has 5 rings (SSSR count). The molecule has 1 aliphatic heterocycles. The van der Waals surface area contributed by atoms with Crippen molar-refractivity contribution in [2.24, 2.45) is 0 Å². The number of fused-ring (bicyclic) bond motifs is 1. The summed E-state index contributed by atoms with van der Waals surface area (Å²) in [4.78, 5) is 23.6. The maximum Gasteiger partial charge on any atom is 0.255 e. The van der Waals surface area contributed by atoms with E-state index in [1.54, 1.807) is 30.3 Å². The lowest BCUT2D eigenvalue weighted by Gasteiger charge is -2.31. The monoisotopic (exact) mass is 477 g/mol. The lowest BCUT2D eigenvalue weighted by molar-refractivity contribution is 0.0331. The first kappa shape index (κ1) is 22.7. The maximum atomic E-state index is 13.6. The maximum absolute atomic E-state index is 13.6. The summed E-state index contributed by atoms with van der Waals surface area (Å²) in [5.41, 5.74) is 3.00. The van der Waals surface area contributed by atoms with Gasteiger partial charge in [0.2, 0.25) is 5.89 Å². The van der Waals surface area contributed by atoms with Crippen molar-refractivity contribution in [3.63, 3.8) is 0 Å². The fraction of sp³-hybridized carbons (Fsp3) is 0.240. The summed E-state index contributed by atoms with van der Waals surface area (Å²) in [6.07, 6.45) is -1.65. The zero-order valence-corrected chi connectivity index (χ0v) is 18.9. The van der Waals surface area contributed by atoms with Crippen LogP contribution in [0, 0.1) is 12.7 Å². The third kappa shape index (κ3) is 4.28. The van der Waals surface area contributed by atoms with Crippen LogP contribution in [-0.4, -0.2) is 36.1 Å². The van der Waals surface area contributed by atoms with Crippen molar-refractivity contribution in [3.05, 3.63) is 94.6 Å². The summed E-state index contributed by atoms with van der Waals surface area (Å²) in [5, 5.41) is 18.8. The molecule has 3 atom stereocenters. The van der Waals surface area contributed by atoms with Crippen LogP contribution >= 0.6 is 0 Å². The number of hydrogen-bond acceptors (Lipinski definition) is 7. The van der Waals surface area contributed by atoms with E-state index in [4.69, 9.17) is 4.42 Å². The molecule has 1 aliphatic rings. The fourth-order valence-corrected chi connectivity index (χ4v) is 4.14. The number of aryl methyl sites for hydroxylation is 1. The van der Waals surface area contributed by atoms with Crippen LogP contribution in [0.4, 0.5) is 8.78 Å². The van der Waals surface area contributed by atoms with Crippen molar-refractivity contribution in [1.82, 2.24) is 25.1 Å². The molecule has 178 valence electrons. The van der Waals surface area contributed by atoms with Crippen LogP contribution in [0.5, 0.6) is 0 Å². The predicted molar refractivity (Wildman–Crippen MR) is 120 cm³/mol. The van der Waals surface area contributed by atoms with Gasteiger partial charge in [0.05, 0.1) is 17.6 Å². The van der Waals surface area contributed by atoms with Crippen LogP contribution in [0.2, 0.25) is 0 Å². The average molecular weight is 477 g/mol. The van der Waals surface area contributed by atoms with E-state index in [1.807, 2.05) is 13.0 Å². The van der Waals surface area contributed by atoms with Gasteiger partial charge in [-0.3, -0.25) is 14.8 Å². The zero-order valence-electron chi connectivity index (χ0n) is 18.9. The van der Waals surface area contributed by atoms with Crippen LogP contribution in [0.15, 0.2) is 59.1 Å². The van der Waals surface area contributed by atoms with Gasteiger partial charge in [0, 0.05) is 23.4 Å². The van der Waals surface area contributed by atoms with Crippen LogP contribution < -0.4 is 0 Å². The number of aliphatic hydroxyl groups excluding tert-OH is 1. The molecule has 0 saturated heterocycles. The molecule has 0 aliphatic carbocycles. The number of nitrogens with zero attached hydrogens (tertiary/aromatic N) is 5. The Morgan fingerprint density at radius 1 is 1.11 bits per heavy atom. The molecule has 4 heterocycles. The first-order valence-corrected chi connectivity index (χ1v) is 11.0. The van der Waals surface area contributed by atoms with Gasteiger partial charge in [0.15, 0.2) is 6.17 Å². The molecule has 0 saturated carbocycles. The van der Waals surface area contributed by atoms with Gasteiger partial charge in [-0.05, 0) is 55.8 Å². The zero-order chi connectivity index (χ0) is 24.7. The number of hydrogen-bond donors (Lipinski definition) is 1. The number of halogens is 2. The summed E-state index contributed by atoms with van der Waals surface area (Å²) in [7, 11) is 0. The standard InChI is InChI=1S/C25H21F2N5O3/c1-13-4-3-5-19(29-13)21(22(33)20-9-8-17(27)11-28-20)32-12-16-7-6-15(10-18(16)25(32)34)24-31-30-23(35-24)14(2)26/h3-11,14,21-22,33H,12H2,1-2H3/t14?,21-,22+/m1/s1. The number of rotatable bonds is 6. The molecule has 3 aromatic heterocycles. The van der Waals surface area contributed by atoms with E-state index in [-0.39, 0.29) is 29.9 Å². The Kier molecular flexibility index (Phi) is 5.81. The van der Waals surface area contributed by atoms with Gasteiger partial charge in [-0.1, -0.05) is 12.1 Å². The van der Waals surface area contributed by atoms with Crippen molar-refractivity contribution in [2.45, 2.75) is 38.7 Å². The first-order valence-electron chi connectivity index (χ1n) is 11.0. The van der Waals surface area contributed by atoms with E-state index < -0.39 is 24.1 Å². The lowest BCUT2D eigenvalue weighted by Crippen LogP contribution is -2.34. The number of aliphatic hydroxyl groups is 1. The number of benzene rings is 1. The second-order valence-electron chi connectivity index (χ2n) is 8.36. The van der Waals surface area contributed by atoms with Crippen LogP contribution in [0.25, 0.3) is 11.5 Å². The van der Waals surface area contributed by atoms with Crippen molar-refractivity contribution in [3.8, 4) is 11.5 Å². The minimum absolute atomic E-state index is 0.103. The number of amides is 1. The highest BCUT2D eigenvalue weighted by Gasteiger charge is 2.39. The van der Waals surface area contributed by atoms with Gasteiger partial charge < -0.3 is 14.4 Å². The normalized spacial score (nSPS) is 15.7. The molecule has 10 heteroatoms. The Morgan fingerprint density at radius 2 is 1.94 bits per heavy atom. The molecule has 0 spiro atoms. The van der Waals surface area contributed by atoms with E-state index >= 15 is 0 Å². The number of carbonyl (C=O) groups is 1. The van der Waals surface area contributed by atoms with Gasteiger partial charge >= 0.3 is 0 Å². The SMILES string of the molecule is Cc1cccc([C@H]([C@@H](O)c2ccc(F)cn2)N2Cc3ccc(-c4nnc(C(C)F)o4)cc3C2=O)n1. The topological polar surface area (TPSA) is 105 Å². The third-order valence-corrected chi connectivity index (χ3v) is 5.87. The van der Waals surface area contributed by atoms with Gasteiger partial charge in [-0.2, -0.15) is 0 Å². The Bertz CT molecular complexity index is 1390. The van der Waals surface area contributed by atoms with Crippen LogP contribution in [0.1, 0.15) is 64.1 Å². The minimum atomic E-state index is -1.41. The molecule has 4 aromatic rings. The third-order valence-electron chi connectivity index (χ3n) is 5.87. The largest absolute Gasteiger partial charge is 0.418 e. The molecule has 1 aromatic carbocycles. The molecular formula is C25H21F2N5O3. The molecular weight excluding hydrogens is 456 g/mol. The van der Waals surface area contributed by atoms with Crippen molar-refractivity contribution < 1.29 is 23.1 Å². The highest BCUT2D eigenvalue weighted by atomic mass is 19.1. The highest BCUT2D eigenvalue weighted by Crippen LogP contribution is 2.39. The molecule has 0 bridgehead atoms. The van der Waals surface area contributed by atoms with Crippen molar-refractivity contribution in [2.75, 3.05) is 0 Å². The molecule has 1 unspecified atom stereocenters. The number of aromatic nitrogens is 4. The summed E-state index contributed by atoms with van der Waals surface area (Å²) < 4.78 is 32.3. The summed E-state index contributed by atoms with van der Waals surface area (Å²) in [6, 6.07) is 12.1. The van der Waals surface area contributed by atoms with E-state index in [0.717, 1.165) is 11.8 Å².